The van der Waals surface area contributed by atoms with Gasteiger partial charge in [0, 0.05) is 4.47 Å². The summed E-state index contributed by atoms with van der Waals surface area (Å²) in [6.07, 6.45) is 0. The third-order valence-corrected chi connectivity index (χ3v) is 3.18. The van der Waals surface area contributed by atoms with E-state index in [2.05, 4.69) is 21.2 Å². The van der Waals surface area contributed by atoms with Gasteiger partial charge in [0.2, 0.25) is 0 Å². The predicted molar refractivity (Wildman–Crippen MR) is 75.2 cm³/mol. The first kappa shape index (κ1) is 13.4. The van der Waals surface area contributed by atoms with Crippen LogP contribution in [0.5, 0.6) is 0 Å². The summed E-state index contributed by atoms with van der Waals surface area (Å²) < 4.78 is 14.2. The quantitative estimate of drug-likeness (QED) is 0.754. The smallest absolute Gasteiger partial charge is 0.335 e. The molecule has 0 atom stereocenters. The number of carboxylic acid groups (broad SMARTS) is 1. The van der Waals surface area contributed by atoms with Crippen LogP contribution in [0.4, 0.5) is 21.5 Å². The summed E-state index contributed by atoms with van der Waals surface area (Å²) in [5.74, 6) is -1.50. The summed E-state index contributed by atoms with van der Waals surface area (Å²) >= 11 is 3.23. The summed E-state index contributed by atoms with van der Waals surface area (Å²) in [6.45, 7) is 0. The number of para-hydroxylation sites is 1. The molecule has 2 aromatic rings. The molecule has 0 aliphatic heterocycles. The van der Waals surface area contributed by atoms with Gasteiger partial charge in [0.25, 0.3) is 0 Å². The molecule has 2 aromatic carbocycles. The minimum atomic E-state index is -1.06. The molecular weight excluding hydrogens is 315 g/mol. The molecule has 4 N–H and O–H groups in total. The van der Waals surface area contributed by atoms with E-state index in [9.17, 15) is 9.18 Å². The van der Waals surface area contributed by atoms with Gasteiger partial charge in [0.15, 0.2) is 0 Å². The van der Waals surface area contributed by atoms with Crippen LogP contribution in [0.1, 0.15) is 10.4 Å². The van der Waals surface area contributed by atoms with Gasteiger partial charge in [-0.2, -0.15) is 0 Å². The second-order valence-corrected chi connectivity index (χ2v) is 4.68. The highest BCUT2D eigenvalue weighted by Crippen LogP contribution is 2.31. The number of hydrogen-bond donors (Lipinski definition) is 3. The van der Waals surface area contributed by atoms with E-state index in [0.717, 1.165) is 0 Å². The molecule has 0 unspecified atom stereocenters. The molecule has 0 aromatic heterocycles. The molecule has 98 valence electrons. The summed E-state index contributed by atoms with van der Waals surface area (Å²) in [4.78, 5) is 10.8. The highest BCUT2D eigenvalue weighted by Gasteiger charge is 2.10. The standard InChI is InChI=1S/C13H10BrFN2O2/c14-8-2-1-3-9(15)12(8)17-11-5-4-7(13(18)19)6-10(11)16/h1-6,17H,16H2,(H,18,19). The SMILES string of the molecule is Nc1cc(C(=O)O)ccc1Nc1c(F)cccc1Br. The highest BCUT2D eigenvalue weighted by atomic mass is 79.9. The van der Waals surface area contributed by atoms with Crippen LogP contribution in [-0.2, 0) is 0 Å². The zero-order valence-corrected chi connectivity index (χ0v) is 11.2. The van der Waals surface area contributed by atoms with Gasteiger partial charge in [-0.3, -0.25) is 0 Å². The molecule has 0 spiro atoms. The average molecular weight is 325 g/mol. The summed E-state index contributed by atoms with van der Waals surface area (Å²) in [7, 11) is 0. The number of nitrogens with one attached hydrogen (secondary N) is 1. The second-order valence-electron chi connectivity index (χ2n) is 3.83. The Kier molecular flexibility index (Phi) is 3.71. The van der Waals surface area contributed by atoms with Gasteiger partial charge in [-0.25, -0.2) is 9.18 Å². The van der Waals surface area contributed by atoms with E-state index in [-0.39, 0.29) is 16.9 Å². The maximum atomic E-state index is 13.6. The average Bonchev–Trinajstić information content (AvgIpc) is 2.35. The number of nitrogen functional groups attached to an aromatic ring is 1. The predicted octanol–water partition coefficient (Wildman–Crippen LogP) is 3.61. The number of hydrogen-bond acceptors (Lipinski definition) is 3. The van der Waals surface area contributed by atoms with Gasteiger partial charge in [-0.1, -0.05) is 6.07 Å². The Labute approximate surface area is 117 Å². The third-order valence-electron chi connectivity index (χ3n) is 2.52. The van der Waals surface area contributed by atoms with Crippen molar-refractivity contribution in [3.05, 3.63) is 52.3 Å². The number of anilines is 3. The Bertz CT molecular complexity index is 626. The first-order valence-electron chi connectivity index (χ1n) is 5.33. The van der Waals surface area contributed by atoms with Crippen LogP contribution < -0.4 is 11.1 Å². The largest absolute Gasteiger partial charge is 0.478 e. The third kappa shape index (κ3) is 2.85. The van der Waals surface area contributed by atoms with Crippen molar-refractivity contribution in [1.82, 2.24) is 0 Å². The molecule has 0 radical (unpaired) electrons. The lowest BCUT2D eigenvalue weighted by molar-refractivity contribution is 0.0697. The molecule has 0 saturated carbocycles. The van der Waals surface area contributed by atoms with Crippen molar-refractivity contribution in [2.45, 2.75) is 0 Å². The Morgan fingerprint density at radius 1 is 1.32 bits per heavy atom. The van der Waals surface area contributed by atoms with Crippen molar-refractivity contribution in [3.63, 3.8) is 0 Å². The van der Waals surface area contributed by atoms with Crippen LogP contribution >= 0.6 is 15.9 Å². The number of carboxylic acids is 1. The zero-order chi connectivity index (χ0) is 14.0. The molecule has 0 aliphatic rings. The van der Waals surface area contributed by atoms with Gasteiger partial charge in [-0.05, 0) is 46.3 Å². The van der Waals surface area contributed by atoms with E-state index < -0.39 is 11.8 Å². The van der Waals surface area contributed by atoms with Crippen LogP contribution in [0.2, 0.25) is 0 Å². The lowest BCUT2D eigenvalue weighted by Crippen LogP contribution is -2.02. The molecule has 0 amide bonds. The fourth-order valence-electron chi connectivity index (χ4n) is 1.56. The Morgan fingerprint density at radius 3 is 2.63 bits per heavy atom. The molecule has 2 rings (SSSR count). The van der Waals surface area contributed by atoms with Gasteiger partial charge < -0.3 is 16.2 Å². The number of rotatable bonds is 3. The maximum Gasteiger partial charge on any atom is 0.335 e. The Morgan fingerprint density at radius 2 is 2.05 bits per heavy atom. The lowest BCUT2D eigenvalue weighted by Gasteiger charge is -2.12. The number of carbonyl (C=O) groups is 1. The van der Waals surface area contributed by atoms with Crippen molar-refractivity contribution in [2.24, 2.45) is 0 Å². The molecular formula is C13H10BrFN2O2. The maximum absolute atomic E-state index is 13.6. The Hall–Kier alpha value is -2.08. The summed E-state index contributed by atoms with van der Waals surface area (Å²) in [5, 5.41) is 11.7. The summed E-state index contributed by atoms with van der Waals surface area (Å²) in [5.41, 5.74) is 6.74. The second kappa shape index (κ2) is 5.27. The fourth-order valence-corrected chi connectivity index (χ4v) is 2.00. The molecule has 0 fully saturated rings. The topological polar surface area (TPSA) is 75.4 Å². The van der Waals surface area contributed by atoms with Crippen molar-refractivity contribution in [1.29, 1.82) is 0 Å². The number of halogens is 2. The van der Waals surface area contributed by atoms with Crippen molar-refractivity contribution in [2.75, 3.05) is 11.1 Å². The van der Waals surface area contributed by atoms with Gasteiger partial charge in [0.1, 0.15) is 5.82 Å². The lowest BCUT2D eigenvalue weighted by atomic mass is 10.1. The monoisotopic (exact) mass is 324 g/mol. The number of benzene rings is 2. The normalized spacial score (nSPS) is 10.2. The van der Waals surface area contributed by atoms with E-state index in [1.165, 1.54) is 24.3 Å². The van der Waals surface area contributed by atoms with E-state index >= 15 is 0 Å². The van der Waals surface area contributed by atoms with Crippen molar-refractivity contribution in [3.8, 4) is 0 Å². The van der Waals surface area contributed by atoms with Crippen LogP contribution in [0, 0.1) is 5.82 Å². The van der Waals surface area contributed by atoms with Crippen molar-refractivity contribution >= 4 is 39.0 Å². The number of aromatic carboxylic acids is 1. The molecule has 0 aliphatic carbocycles. The first-order valence-corrected chi connectivity index (χ1v) is 6.12. The summed E-state index contributed by atoms with van der Waals surface area (Å²) in [6, 6.07) is 8.79. The van der Waals surface area contributed by atoms with Crippen LogP contribution in [0.3, 0.4) is 0 Å². The van der Waals surface area contributed by atoms with Crippen LogP contribution in [-0.4, -0.2) is 11.1 Å². The highest BCUT2D eigenvalue weighted by molar-refractivity contribution is 9.10. The van der Waals surface area contributed by atoms with Crippen molar-refractivity contribution < 1.29 is 14.3 Å². The van der Waals surface area contributed by atoms with E-state index in [1.807, 2.05) is 0 Å². The molecule has 0 saturated heterocycles. The zero-order valence-electron chi connectivity index (χ0n) is 9.65. The minimum Gasteiger partial charge on any atom is -0.478 e. The molecule has 0 bridgehead atoms. The van der Waals surface area contributed by atoms with E-state index in [4.69, 9.17) is 10.8 Å². The van der Waals surface area contributed by atoms with E-state index in [0.29, 0.717) is 10.2 Å². The minimum absolute atomic E-state index is 0.0793. The number of nitrogens with two attached hydrogens (primary N) is 1. The van der Waals surface area contributed by atoms with Gasteiger partial charge in [0.05, 0.1) is 22.6 Å². The fraction of sp³-hybridized carbons (Fsp3) is 0. The molecule has 4 nitrogen and oxygen atoms in total. The molecule has 6 heteroatoms. The van der Waals surface area contributed by atoms with E-state index in [1.54, 1.807) is 12.1 Å². The Balaban J connectivity index is 2.36. The van der Waals surface area contributed by atoms with Gasteiger partial charge >= 0.3 is 5.97 Å². The van der Waals surface area contributed by atoms with Crippen LogP contribution in [0.25, 0.3) is 0 Å². The molecule has 0 heterocycles. The first-order chi connectivity index (χ1) is 8.99. The van der Waals surface area contributed by atoms with Gasteiger partial charge in [-0.15, -0.1) is 0 Å². The molecule has 19 heavy (non-hydrogen) atoms. The van der Waals surface area contributed by atoms with Crippen LogP contribution in [0.15, 0.2) is 40.9 Å².